The van der Waals surface area contributed by atoms with E-state index >= 15 is 0 Å². The zero-order valence-electron chi connectivity index (χ0n) is 18.1. The lowest BCUT2D eigenvalue weighted by molar-refractivity contribution is 0.126. The number of hydrogen-bond acceptors (Lipinski definition) is 6. The van der Waals surface area contributed by atoms with Crippen LogP contribution in [0.4, 0.5) is 5.69 Å². The molecule has 1 aromatic heterocycles. The molecule has 0 aliphatic carbocycles. The van der Waals surface area contributed by atoms with Crippen LogP contribution in [0.1, 0.15) is 52.9 Å². The highest BCUT2D eigenvalue weighted by molar-refractivity contribution is 5.49. The number of ether oxygens (including phenoxy) is 1. The minimum atomic E-state index is -0.0864. The van der Waals surface area contributed by atoms with Crippen molar-refractivity contribution in [2.45, 2.75) is 52.6 Å². The number of anilines is 1. The van der Waals surface area contributed by atoms with Crippen molar-refractivity contribution in [3.05, 3.63) is 30.1 Å². The molecule has 1 aliphatic heterocycles. The minimum Gasteiger partial charge on any atom is -0.497 e. The van der Waals surface area contributed by atoms with E-state index in [9.17, 15) is 0 Å². The number of piperazine rings is 1. The minimum absolute atomic E-state index is 0.0864. The second kappa shape index (κ2) is 8.47. The average Bonchev–Trinajstić information content (AvgIpc) is 3.19. The summed E-state index contributed by atoms with van der Waals surface area (Å²) in [6, 6.07) is 8.55. The molecule has 7 nitrogen and oxygen atoms in total. The van der Waals surface area contributed by atoms with Gasteiger partial charge in [0.25, 0.3) is 0 Å². The number of rotatable bonds is 7. The predicted molar refractivity (Wildman–Crippen MR) is 112 cm³/mol. The molecule has 0 unspecified atom stereocenters. The van der Waals surface area contributed by atoms with Crippen LogP contribution in [0.5, 0.6) is 5.75 Å². The molecule has 154 valence electrons. The fourth-order valence-corrected chi connectivity index (χ4v) is 3.89. The highest BCUT2D eigenvalue weighted by Gasteiger charge is 2.34. The third-order valence-corrected chi connectivity index (χ3v) is 5.97. The van der Waals surface area contributed by atoms with E-state index in [1.165, 1.54) is 5.69 Å². The van der Waals surface area contributed by atoms with Gasteiger partial charge in [0, 0.05) is 31.9 Å². The Morgan fingerprint density at radius 3 is 2.25 bits per heavy atom. The topological polar surface area (TPSA) is 59.3 Å². The summed E-state index contributed by atoms with van der Waals surface area (Å²) < 4.78 is 7.31. The smallest absolute Gasteiger partial charge is 0.169 e. The molecule has 2 heterocycles. The molecule has 1 atom stereocenters. The first-order valence-electron chi connectivity index (χ1n) is 10.3. The summed E-state index contributed by atoms with van der Waals surface area (Å²) in [5.41, 5.74) is 1.16. The van der Waals surface area contributed by atoms with Crippen LogP contribution < -0.4 is 9.64 Å². The summed E-state index contributed by atoms with van der Waals surface area (Å²) in [7, 11) is 1.70. The normalized spacial score (nSPS) is 17.2. The molecule has 1 fully saturated rings. The Kier molecular flexibility index (Phi) is 6.23. The van der Waals surface area contributed by atoms with E-state index in [4.69, 9.17) is 4.74 Å². The SMILES string of the molecule is CCC(C)(C)n1nnnc1[C@H](C(C)C)N1CCN(c2ccc(OC)cc2)CC1. The lowest BCUT2D eigenvalue weighted by Crippen LogP contribution is -2.49. The van der Waals surface area contributed by atoms with Gasteiger partial charge in [0.05, 0.1) is 18.7 Å². The fourth-order valence-electron chi connectivity index (χ4n) is 3.89. The van der Waals surface area contributed by atoms with Crippen LogP contribution in [0.15, 0.2) is 24.3 Å². The lowest BCUT2D eigenvalue weighted by Gasteiger charge is -2.41. The fraction of sp³-hybridized carbons (Fsp3) is 0.667. The maximum Gasteiger partial charge on any atom is 0.169 e. The second-order valence-corrected chi connectivity index (χ2v) is 8.52. The van der Waals surface area contributed by atoms with Gasteiger partial charge in [-0.25, -0.2) is 4.68 Å². The van der Waals surface area contributed by atoms with Gasteiger partial charge in [-0.3, -0.25) is 4.90 Å². The molecule has 2 aromatic rings. The van der Waals surface area contributed by atoms with Crippen molar-refractivity contribution in [2.24, 2.45) is 5.92 Å². The van der Waals surface area contributed by atoms with Gasteiger partial charge in [-0.2, -0.15) is 0 Å². The maximum absolute atomic E-state index is 5.27. The molecule has 0 spiro atoms. The molecule has 0 radical (unpaired) electrons. The molecule has 1 aliphatic rings. The molecule has 28 heavy (non-hydrogen) atoms. The van der Waals surface area contributed by atoms with Gasteiger partial charge in [-0.1, -0.05) is 20.8 Å². The van der Waals surface area contributed by atoms with E-state index in [0.717, 1.165) is 44.2 Å². The Balaban J connectivity index is 1.74. The standard InChI is InChI=1S/C21H34N6O/c1-7-21(4,5)27-20(22-23-24-27)19(16(2)3)26-14-12-25(13-15-26)17-8-10-18(28-6)11-9-17/h8-11,16,19H,7,12-15H2,1-6H3/t19-/m0/s1. The van der Waals surface area contributed by atoms with E-state index in [2.05, 4.69) is 72.1 Å². The second-order valence-electron chi connectivity index (χ2n) is 8.52. The summed E-state index contributed by atoms with van der Waals surface area (Å²) in [4.78, 5) is 4.98. The number of methoxy groups -OCH3 is 1. The van der Waals surface area contributed by atoms with Crippen molar-refractivity contribution in [1.82, 2.24) is 25.1 Å². The molecular formula is C21H34N6O. The zero-order chi connectivity index (χ0) is 20.3. The van der Waals surface area contributed by atoms with Gasteiger partial charge in [-0.15, -0.1) is 5.10 Å². The van der Waals surface area contributed by atoms with Crippen molar-refractivity contribution in [3.63, 3.8) is 0 Å². The quantitative estimate of drug-likeness (QED) is 0.727. The molecule has 1 saturated heterocycles. The maximum atomic E-state index is 5.27. The van der Waals surface area contributed by atoms with E-state index in [0.29, 0.717) is 5.92 Å². The monoisotopic (exact) mass is 386 g/mol. The van der Waals surface area contributed by atoms with Crippen LogP contribution in [0.25, 0.3) is 0 Å². The molecule has 3 rings (SSSR count). The first-order chi connectivity index (χ1) is 13.4. The molecular weight excluding hydrogens is 352 g/mol. The third-order valence-electron chi connectivity index (χ3n) is 5.97. The molecule has 0 amide bonds. The Morgan fingerprint density at radius 1 is 1.07 bits per heavy atom. The van der Waals surface area contributed by atoms with Crippen molar-refractivity contribution in [1.29, 1.82) is 0 Å². The Hall–Kier alpha value is -2.15. The number of aromatic nitrogens is 4. The van der Waals surface area contributed by atoms with Gasteiger partial charge in [0.2, 0.25) is 0 Å². The molecule has 0 saturated carbocycles. The van der Waals surface area contributed by atoms with E-state index in [-0.39, 0.29) is 11.6 Å². The third kappa shape index (κ3) is 4.14. The lowest BCUT2D eigenvalue weighted by atomic mass is 9.97. The van der Waals surface area contributed by atoms with Crippen LogP contribution in [-0.4, -0.2) is 58.4 Å². The number of benzene rings is 1. The van der Waals surface area contributed by atoms with Crippen molar-refractivity contribution in [3.8, 4) is 5.75 Å². The molecule has 0 bridgehead atoms. The molecule has 7 heteroatoms. The Labute approximate surface area is 168 Å². The highest BCUT2D eigenvalue weighted by atomic mass is 16.5. The Bertz CT molecular complexity index is 747. The van der Waals surface area contributed by atoms with Crippen LogP contribution in [0.2, 0.25) is 0 Å². The van der Waals surface area contributed by atoms with E-state index in [1.54, 1.807) is 7.11 Å². The van der Waals surface area contributed by atoms with Crippen molar-refractivity contribution in [2.75, 3.05) is 38.2 Å². The van der Waals surface area contributed by atoms with Crippen molar-refractivity contribution >= 4 is 5.69 Å². The first kappa shape index (κ1) is 20.6. The van der Waals surface area contributed by atoms with Crippen LogP contribution in [0.3, 0.4) is 0 Å². The van der Waals surface area contributed by atoms with Crippen LogP contribution in [-0.2, 0) is 5.54 Å². The predicted octanol–water partition coefficient (Wildman–Crippen LogP) is 3.35. The van der Waals surface area contributed by atoms with Gasteiger partial charge >= 0.3 is 0 Å². The summed E-state index contributed by atoms with van der Waals surface area (Å²) in [6.45, 7) is 15.1. The molecule has 1 aromatic carbocycles. The van der Waals surface area contributed by atoms with Gasteiger partial charge in [-0.05, 0) is 60.9 Å². The summed E-state index contributed by atoms with van der Waals surface area (Å²) in [6.07, 6.45) is 0.987. The van der Waals surface area contributed by atoms with Gasteiger partial charge in [0.1, 0.15) is 5.75 Å². The van der Waals surface area contributed by atoms with Gasteiger partial charge < -0.3 is 9.64 Å². The zero-order valence-corrected chi connectivity index (χ0v) is 18.1. The van der Waals surface area contributed by atoms with Gasteiger partial charge in [0.15, 0.2) is 5.82 Å². The average molecular weight is 387 g/mol. The number of nitrogens with zero attached hydrogens (tertiary/aromatic N) is 6. The first-order valence-corrected chi connectivity index (χ1v) is 10.3. The summed E-state index contributed by atoms with van der Waals surface area (Å²) in [5, 5.41) is 12.8. The van der Waals surface area contributed by atoms with Crippen LogP contribution in [0, 0.1) is 5.92 Å². The van der Waals surface area contributed by atoms with Crippen molar-refractivity contribution < 1.29 is 4.74 Å². The van der Waals surface area contributed by atoms with E-state index in [1.807, 2.05) is 16.8 Å². The summed E-state index contributed by atoms with van der Waals surface area (Å²) in [5.74, 6) is 2.32. The molecule has 0 N–H and O–H groups in total. The highest BCUT2D eigenvalue weighted by Crippen LogP contribution is 2.32. The summed E-state index contributed by atoms with van der Waals surface area (Å²) >= 11 is 0. The largest absolute Gasteiger partial charge is 0.497 e. The van der Waals surface area contributed by atoms with Crippen LogP contribution >= 0.6 is 0 Å². The number of hydrogen-bond donors (Lipinski definition) is 0. The number of tetrazole rings is 1. The van der Waals surface area contributed by atoms with E-state index < -0.39 is 0 Å². The Morgan fingerprint density at radius 2 is 1.71 bits per heavy atom.